The molecule has 1 rings (SSSR count). The zero-order chi connectivity index (χ0) is 14.4. The van der Waals surface area contributed by atoms with E-state index in [4.69, 9.17) is 21.1 Å². The molecule has 0 aliphatic heterocycles. The highest BCUT2D eigenvalue weighted by atomic mass is 79.9. The number of hydrogen-bond acceptors (Lipinski definition) is 5. The summed E-state index contributed by atoms with van der Waals surface area (Å²) in [6, 6.07) is 3.06. The largest absolute Gasteiger partial charge is 0.493 e. The van der Waals surface area contributed by atoms with Crippen LogP contribution in [0.4, 0.5) is 0 Å². The Balaban J connectivity index is 3.14. The highest BCUT2D eigenvalue weighted by Crippen LogP contribution is 2.37. The van der Waals surface area contributed by atoms with Gasteiger partial charge in [-0.1, -0.05) is 0 Å². The summed E-state index contributed by atoms with van der Waals surface area (Å²) < 4.78 is 10.5. The fraction of sp³-hybridized carbons (Fsp3) is 0.182. The molecule has 0 saturated heterocycles. The number of halogens is 2. The van der Waals surface area contributed by atoms with Crippen LogP contribution in [-0.2, 0) is 4.79 Å². The van der Waals surface area contributed by atoms with E-state index in [-0.39, 0.29) is 17.4 Å². The van der Waals surface area contributed by atoms with Crippen LogP contribution in [0, 0.1) is 10.1 Å². The first-order chi connectivity index (χ1) is 8.97. The van der Waals surface area contributed by atoms with Gasteiger partial charge in [0.2, 0.25) is 6.20 Å². The summed E-state index contributed by atoms with van der Waals surface area (Å²) in [5.74, 6) is -0.491. The number of benzene rings is 1. The Morgan fingerprint density at radius 1 is 1.58 bits per heavy atom. The van der Waals surface area contributed by atoms with Crippen molar-refractivity contribution in [2.24, 2.45) is 0 Å². The van der Waals surface area contributed by atoms with Crippen LogP contribution in [0.25, 0.3) is 6.08 Å². The quantitative estimate of drug-likeness (QED) is 0.268. The molecule has 0 aliphatic rings. The first-order valence-electron chi connectivity index (χ1n) is 4.93. The molecule has 0 fully saturated rings. The Morgan fingerprint density at radius 2 is 2.26 bits per heavy atom. The van der Waals surface area contributed by atoms with Crippen molar-refractivity contribution in [1.82, 2.24) is 0 Å². The average molecular weight is 351 g/mol. The van der Waals surface area contributed by atoms with Crippen LogP contribution in [0.5, 0.6) is 11.5 Å². The van der Waals surface area contributed by atoms with E-state index in [0.29, 0.717) is 10.0 Å². The average Bonchev–Trinajstić information content (AvgIpc) is 2.38. The van der Waals surface area contributed by atoms with Crippen LogP contribution in [0.3, 0.4) is 0 Å². The number of alkyl halides is 1. The van der Waals surface area contributed by atoms with Gasteiger partial charge >= 0.3 is 5.97 Å². The fourth-order valence-electron chi connectivity index (χ4n) is 1.22. The van der Waals surface area contributed by atoms with E-state index in [1.807, 2.05) is 0 Å². The van der Waals surface area contributed by atoms with Crippen LogP contribution in [-0.4, -0.2) is 23.9 Å². The van der Waals surface area contributed by atoms with Crippen molar-refractivity contribution in [2.75, 3.05) is 13.0 Å². The Bertz CT molecular complexity index is 532. The summed E-state index contributed by atoms with van der Waals surface area (Å²) >= 11 is 8.55. The predicted octanol–water partition coefficient (Wildman–Crippen LogP) is 2.85. The third kappa shape index (κ3) is 4.53. The third-order valence-electron chi connectivity index (χ3n) is 1.97. The van der Waals surface area contributed by atoms with Gasteiger partial charge in [-0.3, -0.25) is 14.9 Å². The van der Waals surface area contributed by atoms with Gasteiger partial charge in [-0.25, -0.2) is 0 Å². The summed E-state index contributed by atoms with van der Waals surface area (Å²) in [5, 5.41) is 10.3. The van der Waals surface area contributed by atoms with E-state index in [9.17, 15) is 14.9 Å². The second-order valence-corrected chi connectivity index (χ2v) is 4.36. The van der Waals surface area contributed by atoms with Gasteiger partial charge in [-0.05, 0) is 33.6 Å². The number of rotatable bonds is 5. The maximum absolute atomic E-state index is 11.2. The molecule has 0 aromatic heterocycles. The molecule has 6 nitrogen and oxygen atoms in total. The van der Waals surface area contributed by atoms with Gasteiger partial charge in [0, 0.05) is 6.08 Å². The minimum Gasteiger partial charge on any atom is -0.493 e. The van der Waals surface area contributed by atoms with E-state index < -0.39 is 10.9 Å². The number of esters is 1. The molecule has 0 N–H and O–H groups in total. The van der Waals surface area contributed by atoms with Crippen molar-refractivity contribution in [3.63, 3.8) is 0 Å². The molecule has 0 unspecified atom stereocenters. The lowest BCUT2D eigenvalue weighted by Crippen LogP contribution is -2.10. The first-order valence-corrected chi connectivity index (χ1v) is 6.26. The molecule has 0 aliphatic carbocycles. The summed E-state index contributed by atoms with van der Waals surface area (Å²) in [6.07, 6.45) is 2.09. The zero-order valence-corrected chi connectivity index (χ0v) is 12.1. The Morgan fingerprint density at radius 3 is 2.79 bits per heavy atom. The van der Waals surface area contributed by atoms with E-state index in [0.717, 1.165) is 6.20 Å². The van der Waals surface area contributed by atoms with Gasteiger partial charge in [0.25, 0.3) is 0 Å². The van der Waals surface area contributed by atoms with E-state index in [1.165, 1.54) is 19.3 Å². The molecule has 102 valence electrons. The number of nitro groups is 1. The van der Waals surface area contributed by atoms with E-state index >= 15 is 0 Å². The van der Waals surface area contributed by atoms with Gasteiger partial charge in [0.05, 0.1) is 16.5 Å². The van der Waals surface area contributed by atoms with Gasteiger partial charge in [-0.2, -0.15) is 0 Å². The number of carbonyl (C=O) groups excluding carboxylic acids is 1. The normalized spacial score (nSPS) is 10.5. The van der Waals surface area contributed by atoms with Crippen molar-refractivity contribution in [2.45, 2.75) is 0 Å². The Labute approximate surface area is 122 Å². The SMILES string of the molecule is COc1cc(/C=C/[N+](=O)[O-])cc(Br)c1OC(=O)CCl. The smallest absolute Gasteiger partial charge is 0.326 e. The summed E-state index contributed by atoms with van der Waals surface area (Å²) in [7, 11) is 1.39. The minimum atomic E-state index is -0.630. The van der Waals surface area contributed by atoms with Crippen LogP contribution in [0.2, 0.25) is 0 Å². The van der Waals surface area contributed by atoms with Gasteiger partial charge in [-0.15, -0.1) is 11.6 Å². The number of hydrogen-bond donors (Lipinski definition) is 0. The number of methoxy groups -OCH3 is 1. The van der Waals surface area contributed by atoms with Crippen molar-refractivity contribution in [1.29, 1.82) is 0 Å². The molecule has 0 spiro atoms. The van der Waals surface area contributed by atoms with Gasteiger partial charge in [0.15, 0.2) is 11.5 Å². The highest BCUT2D eigenvalue weighted by molar-refractivity contribution is 9.10. The molecule has 0 saturated carbocycles. The number of nitrogens with zero attached hydrogens (tertiary/aromatic N) is 1. The fourth-order valence-corrected chi connectivity index (χ4v) is 1.82. The second kappa shape index (κ2) is 7.10. The molecule has 0 bridgehead atoms. The molecular formula is C11H9BrClNO5. The molecule has 1 aromatic rings. The van der Waals surface area contributed by atoms with Crippen molar-refractivity contribution in [3.05, 3.63) is 38.5 Å². The molecule has 0 amide bonds. The van der Waals surface area contributed by atoms with Crippen LogP contribution in [0.1, 0.15) is 5.56 Å². The van der Waals surface area contributed by atoms with Crippen molar-refractivity contribution < 1.29 is 19.2 Å². The third-order valence-corrected chi connectivity index (χ3v) is 2.77. The second-order valence-electron chi connectivity index (χ2n) is 3.24. The molecule has 8 heteroatoms. The minimum absolute atomic E-state index is 0.173. The Kier molecular flexibility index (Phi) is 5.78. The molecule has 19 heavy (non-hydrogen) atoms. The lowest BCUT2D eigenvalue weighted by atomic mass is 10.2. The van der Waals surface area contributed by atoms with Crippen LogP contribution < -0.4 is 9.47 Å². The standard InChI is InChI=1S/C11H9BrClNO5/c1-18-9-5-7(2-3-14(16)17)4-8(12)11(9)19-10(15)6-13/h2-5H,6H2,1H3/b3-2+. The van der Waals surface area contributed by atoms with Gasteiger partial charge < -0.3 is 9.47 Å². The highest BCUT2D eigenvalue weighted by Gasteiger charge is 2.14. The summed E-state index contributed by atoms with van der Waals surface area (Å²) in [5.41, 5.74) is 0.520. The molecule has 0 atom stereocenters. The molecule has 0 radical (unpaired) electrons. The number of carbonyl (C=O) groups is 1. The van der Waals surface area contributed by atoms with Gasteiger partial charge in [0.1, 0.15) is 5.88 Å². The van der Waals surface area contributed by atoms with Crippen molar-refractivity contribution in [3.8, 4) is 11.5 Å². The topological polar surface area (TPSA) is 78.7 Å². The van der Waals surface area contributed by atoms with Crippen LogP contribution >= 0.6 is 27.5 Å². The predicted molar refractivity (Wildman–Crippen MR) is 73.1 cm³/mol. The maximum atomic E-state index is 11.2. The summed E-state index contributed by atoms with van der Waals surface area (Å²) in [6.45, 7) is 0. The lowest BCUT2D eigenvalue weighted by molar-refractivity contribution is -0.400. The van der Waals surface area contributed by atoms with E-state index in [2.05, 4.69) is 15.9 Å². The number of ether oxygens (including phenoxy) is 2. The maximum Gasteiger partial charge on any atom is 0.326 e. The van der Waals surface area contributed by atoms with Crippen LogP contribution in [0.15, 0.2) is 22.8 Å². The van der Waals surface area contributed by atoms with E-state index in [1.54, 1.807) is 6.07 Å². The molecule has 1 aromatic carbocycles. The summed E-state index contributed by atoms with van der Waals surface area (Å²) in [4.78, 5) is 20.8. The van der Waals surface area contributed by atoms with Crippen molar-refractivity contribution >= 4 is 39.6 Å². The lowest BCUT2D eigenvalue weighted by Gasteiger charge is -2.11. The Hall–Kier alpha value is -1.60. The first kappa shape index (κ1) is 15.5. The zero-order valence-electron chi connectivity index (χ0n) is 9.76. The molecular weight excluding hydrogens is 341 g/mol. The molecule has 0 heterocycles. The monoisotopic (exact) mass is 349 g/mol.